The molecule has 0 saturated heterocycles. The van der Waals surface area contributed by atoms with Crippen molar-refractivity contribution in [2.75, 3.05) is 6.54 Å². The zero-order chi connectivity index (χ0) is 32.2. The van der Waals surface area contributed by atoms with Gasteiger partial charge < -0.3 is 20.2 Å². The van der Waals surface area contributed by atoms with Gasteiger partial charge in [-0.15, -0.1) is 21.5 Å². The smallest absolute Gasteiger partial charge is 0.261 e. The van der Waals surface area contributed by atoms with E-state index in [4.69, 9.17) is 19.9 Å². The second kappa shape index (κ2) is 13.5. The zero-order valence-electron chi connectivity index (χ0n) is 24.6. The van der Waals surface area contributed by atoms with Crippen LogP contribution in [-0.2, 0) is 12.8 Å². The molecule has 45 heavy (non-hydrogen) atoms. The van der Waals surface area contributed by atoms with E-state index < -0.39 is 24.2 Å². The van der Waals surface area contributed by atoms with Crippen LogP contribution < -0.4 is 15.8 Å². The number of ether oxygens (including phenoxy) is 1. The molecule has 3 heterocycles. The van der Waals surface area contributed by atoms with Crippen LogP contribution in [0.3, 0.4) is 0 Å². The second-order valence-electron chi connectivity index (χ2n) is 10.6. The highest BCUT2D eigenvalue weighted by Gasteiger charge is 2.30. The van der Waals surface area contributed by atoms with Gasteiger partial charge in [-0.2, -0.15) is 0 Å². The van der Waals surface area contributed by atoms with E-state index in [1.54, 1.807) is 45.0 Å². The first-order chi connectivity index (χ1) is 21.5. The van der Waals surface area contributed by atoms with Gasteiger partial charge in [0, 0.05) is 23.9 Å². The van der Waals surface area contributed by atoms with Crippen molar-refractivity contribution in [3.8, 4) is 27.8 Å². The number of carbonyl (C=O) groups is 2. The summed E-state index contributed by atoms with van der Waals surface area (Å²) < 4.78 is 52.5. The number of allylic oxidation sites excluding steroid dienone is 2. The number of amides is 2. The zero-order valence-corrected chi connectivity index (χ0v) is 25.5. The van der Waals surface area contributed by atoms with Crippen LogP contribution in [0.15, 0.2) is 64.6 Å². The molecule has 0 saturated carbocycles. The largest absolute Gasteiger partial charge is 0.474 e. The van der Waals surface area contributed by atoms with E-state index in [1.165, 1.54) is 18.2 Å². The number of aromatic nitrogens is 3. The van der Waals surface area contributed by atoms with Crippen molar-refractivity contribution in [2.45, 2.75) is 52.1 Å². The number of nitrogens with one attached hydrogen (secondary N) is 1. The molecule has 2 unspecified atom stereocenters. The van der Waals surface area contributed by atoms with Crippen LogP contribution in [0.5, 0.6) is 5.88 Å². The fraction of sp³-hybridized carbons (Fsp3) is 0.281. The maximum atomic E-state index is 13.8. The number of alkyl halides is 2. The summed E-state index contributed by atoms with van der Waals surface area (Å²) in [6.07, 6.45) is 0.577. The molecule has 2 atom stereocenters. The third kappa shape index (κ3) is 7.31. The number of nitrogens with zero attached hydrogens (tertiary/aromatic N) is 3. The lowest BCUT2D eigenvalue weighted by Crippen LogP contribution is -2.26. The Bertz CT molecular complexity index is 1780. The van der Waals surface area contributed by atoms with Crippen molar-refractivity contribution in [3.05, 3.63) is 93.6 Å². The van der Waals surface area contributed by atoms with Gasteiger partial charge in [0.05, 0.1) is 22.2 Å². The van der Waals surface area contributed by atoms with Crippen molar-refractivity contribution in [1.82, 2.24) is 20.5 Å². The quantitative estimate of drug-likeness (QED) is 0.210. The van der Waals surface area contributed by atoms with Crippen LogP contribution >= 0.6 is 11.3 Å². The van der Waals surface area contributed by atoms with Gasteiger partial charge >= 0.3 is 0 Å². The number of carbonyl (C=O) groups excluding carboxylic acids is 2. The van der Waals surface area contributed by atoms with Gasteiger partial charge in [-0.05, 0) is 74.2 Å². The topological polar surface area (TPSA) is 133 Å². The maximum absolute atomic E-state index is 13.8. The highest BCUT2D eigenvalue weighted by molar-refractivity contribution is 7.17. The number of benzene rings is 1. The first kappa shape index (κ1) is 31.6. The van der Waals surface area contributed by atoms with Crippen molar-refractivity contribution in [2.24, 2.45) is 5.73 Å². The van der Waals surface area contributed by atoms with Gasteiger partial charge in [0.25, 0.3) is 11.8 Å². The lowest BCUT2D eigenvalue weighted by molar-refractivity contribution is 0.0959. The van der Waals surface area contributed by atoms with Gasteiger partial charge in [0.2, 0.25) is 17.7 Å². The number of rotatable bonds is 11. The average molecular weight is 638 g/mol. The Labute approximate surface area is 261 Å². The number of primary amides is 1. The Kier molecular flexibility index (Phi) is 9.47. The molecule has 1 aromatic carbocycles. The molecule has 0 fully saturated rings. The van der Waals surface area contributed by atoms with Gasteiger partial charge in [-0.25, -0.2) is 18.2 Å². The Morgan fingerprint density at radius 1 is 1.07 bits per heavy atom. The Hall–Kier alpha value is -4.78. The minimum absolute atomic E-state index is 0.00367. The molecular formula is C32H30F3N5O4S. The summed E-state index contributed by atoms with van der Waals surface area (Å²) in [5.74, 6) is -1.27. The van der Waals surface area contributed by atoms with E-state index in [1.807, 2.05) is 0 Å². The van der Waals surface area contributed by atoms with Crippen LogP contribution in [0.25, 0.3) is 21.9 Å². The number of halogens is 3. The summed E-state index contributed by atoms with van der Waals surface area (Å²) >= 11 is 1.07. The number of thiophene rings is 1. The van der Waals surface area contributed by atoms with Crippen LogP contribution in [0.4, 0.5) is 13.2 Å². The van der Waals surface area contributed by atoms with E-state index >= 15 is 0 Å². The SMILES string of the molecule is Cc1nnc(-c2c(CCc3ccc(F)cc3)nc(OC(C)C)c(C(N)=O)c2-c2ccc(C(=O)NCC3=CC(F)C(F)C=C3)s2)o1. The third-order valence-electron chi connectivity index (χ3n) is 6.84. The molecular weight excluding hydrogens is 607 g/mol. The number of hydrogen-bond donors (Lipinski definition) is 2. The third-order valence-corrected chi connectivity index (χ3v) is 7.94. The fourth-order valence-corrected chi connectivity index (χ4v) is 5.75. The van der Waals surface area contributed by atoms with Crippen molar-refractivity contribution >= 4 is 23.2 Å². The van der Waals surface area contributed by atoms with Gasteiger partial charge in [0.1, 0.15) is 11.4 Å². The van der Waals surface area contributed by atoms with Crippen molar-refractivity contribution in [3.63, 3.8) is 0 Å². The predicted octanol–water partition coefficient (Wildman–Crippen LogP) is 5.88. The first-order valence-electron chi connectivity index (χ1n) is 14.1. The summed E-state index contributed by atoms with van der Waals surface area (Å²) in [6, 6.07) is 9.30. The fourth-order valence-electron chi connectivity index (χ4n) is 4.77. The summed E-state index contributed by atoms with van der Waals surface area (Å²) in [4.78, 5) is 31.6. The van der Waals surface area contributed by atoms with E-state index in [9.17, 15) is 22.8 Å². The highest BCUT2D eigenvalue weighted by atomic mass is 32.1. The van der Waals surface area contributed by atoms with Gasteiger partial charge in [-0.1, -0.05) is 18.2 Å². The molecule has 234 valence electrons. The molecule has 2 amide bonds. The maximum Gasteiger partial charge on any atom is 0.261 e. The molecule has 3 N–H and O–H groups in total. The predicted molar refractivity (Wildman–Crippen MR) is 163 cm³/mol. The molecule has 0 radical (unpaired) electrons. The number of hydrogen-bond acceptors (Lipinski definition) is 8. The minimum atomic E-state index is -1.78. The molecule has 0 aliphatic heterocycles. The van der Waals surface area contributed by atoms with E-state index in [-0.39, 0.29) is 46.6 Å². The van der Waals surface area contributed by atoms with E-state index in [0.29, 0.717) is 40.1 Å². The number of pyridine rings is 1. The Morgan fingerprint density at radius 2 is 1.82 bits per heavy atom. The van der Waals surface area contributed by atoms with Crippen molar-refractivity contribution < 1.29 is 31.9 Å². The van der Waals surface area contributed by atoms with Crippen molar-refractivity contribution in [1.29, 1.82) is 0 Å². The number of nitrogens with two attached hydrogens (primary N) is 1. The molecule has 9 nitrogen and oxygen atoms in total. The molecule has 5 rings (SSSR count). The molecule has 1 aliphatic carbocycles. The van der Waals surface area contributed by atoms with Crippen LogP contribution in [0.2, 0.25) is 0 Å². The Morgan fingerprint density at radius 3 is 2.47 bits per heavy atom. The standard InChI is InChI=1S/C32H30F3N5O4S/c1-16(2)43-31-28(29(36)41)27(24-12-13-25(45-24)30(42)37-15-19-6-10-21(34)22(35)14-19)26(32-40-39-17(3)44-32)23(38-31)11-7-18-4-8-20(33)9-5-18/h4-6,8-10,12-14,16,21-22H,7,11,15H2,1-3H3,(H2,36,41)(H,37,42). The lowest BCUT2D eigenvalue weighted by atomic mass is 9.95. The summed E-state index contributed by atoms with van der Waals surface area (Å²) in [5, 5.41) is 10.9. The van der Waals surface area contributed by atoms with Crippen LogP contribution in [-0.4, -0.2) is 52.0 Å². The van der Waals surface area contributed by atoms with E-state index in [2.05, 4.69) is 15.5 Å². The summed E-state index contributed by atoms with van der Waals surface area (Å²) in [6.45, 7) is 5.17. The monoisotopic (exact) mass is 637 g/mol. The average Bonchev–Trinajstić information content (AvgIpc) is 3.66. The van der Waals surface area contributed by atoms with Gasteiger partial charge in [-0.3, -0.25) is 9.59 Å². The highest BCUT2D eigenvalue weighted by Crippen LogP contribution is 2.43. The van der Waals surface area contributed by atoms with Crippen LogP contribution in [0, 0.1) is 12.7 Å². The second-order valence-corrected chi connectivity index (χ2v) is 11.7. The van der Waals surface area contributed by atoms with E-state index in [0.717, 1.165) is 29.1 Å². The van der Waals surface area contributed by atoms with Crippen LogP contribution in [0.1, 0.15) is 51.0 Å². The normalized spacial score (nSPS) is 16.1. The summed E-state index contributed by atoms with van der Waals surface area (Å²) in [7, 11) is 0. The molecule has 4 aromatic rings. The molecule has 0 bridgehead atoms. The lowest BCUT2D eigenvalue weighted by Gasteiger charge is -2.19. The number of aryl methyl sites for hydroxylation is 3. The first-order valence-corrected chi connectivity index (χ1v) is 15.0. The minimum Gasteiger partial charge on any atom is -0.474 e. The molecule has 3 aromatic heterocycles. The molecule has 13 heteroatoms. The Balaban J connectivity index is 1.59. The van der Waals surface area contributed by atoms with Gasteiger partial charge in [0.15, 0.2) is 12.3 Å². The molecule has 0 spiro atoms. The molecule has 1 aliphatic rings. The summed E-state index contributed by atoms with van der Waals surface area (Å²) in [5.41, 5.74) is 8.29.